The molecule has 1 atom stereocenters. The van der Waals surface area contributed by atoms with Crippen molar-refractivity contribution in [1.29, 1.82) is 5.26 Å². The van der Waals surface area contributed by atoms with Crippen LogP contribution in [0.2, 0.25) is 0 Å². The number of benzene rings is 1. The van der Waals surface area contributed by atoms with Crippen LogP contribution in [0.25, 0.3) is 16.4 Å². The Morgan fingerprint density at radius 3 is 2.68 bits per heavy atom. The molecule has 38 heavy (non-hydrogen) atoms. The molecule has 1 saturated heterocycles. The molecule has 3 aromatic heterocycles. The van der Waals surface area contributed by atoms with Gasteiger partial charge in [0.25, 0.3) is 0 Å². The Hall–Kier alpha value is -3.97. The fraction of sp³-hybridized carbons (Fsp3) is 0.429. The highest BCUT2D eigenvalue weighted by atomic mass is 19.1. The van der Waals surface area contributed by atoms with Crippen LogP contribution in [0.1, 0.15) is 62.5 Å². The molecule has 0 spiro atoms. The van der Waals surface area contributed by atoms with Crippen molar-refractivity contribution in [2.75, 3.05) is 24.5 Å². The molecule has 0 bridgehead atoms. The van der Waals surface area contributed by atoms with Crippen molar-refractivity contribution in [2.45, 2.75) is 57.7 Å². The Labute approximate surface area is 220 Å². The minimum absolute atomic E-state index is 0.0792. The van der Waals surface area contributed by atoms with Crippen molar-refractivity contribution in [1.82, 2.24) is 24.3 Å². The molecule has 5 heterocycles. The van der Waals surface area contributed by atoms with Crippen LogP contribution in [-0.2, 0) is 11.3 Å². The zero-order valence-electron chi connectivity index (χ0n) is 21.9. The number of fused-ring (bicyclic) bond motifs is 4. The molecule has 0 unspecified atom stereocenters. The SMILES string of the molecule is C[C@@H]1CN(c2ccc(C#N)n3ncc(F)c23)Cc2c3ccc(C4CCN(C(C)(C)C(N)=O)CC4)cc3nn21. The van der Waals surface area contributed by atoms with E-state index < -0.39 is 11.4 Å². The fourth-order valence-corrected chi connectivity index (χ4v) is 6.09. The van der Waals surface area contributed by atoms with Crippen LogP contribution in [-0.4, -0.2) is 55.4 Å². The monoisotopic (exact) mass is 514 g/mol. The summed E-state index contributed by atoms with van der Waals surface area (Å²) in [5, 5.41) is 19.6. The molecule has 2 aliphatic rings. The minimum atomic E-state index is -0.639. The first-order chi connectivity index (χ1) is 18.2. The van der Waals surface area contributed by atoms with Gasteiger partial charge in [0, 0.05) is 11.9 Å². The van der Waals surface area contributed by atoms with Crippen molar-refractivity contribution in [3.05, 3.63) is 59.3 Å². The van der Waals surface area contributed by atoms with E-state index in [4.69, 9.17) is 10.8 Å². The zero-order valence-corrected chi connectivity index (χ0v) is 21.9. The number of pyridine rings is 1. The summed E-state index contributed by atoms with van der Waals surface area (Å²) in [5.41, 5.74) is 9.64. The van der Waals surface area contributed by atoms with Crippen LogP contribution >= 0.6 is 0 Å². The number of halogens is 1. The molecule has 1 fully saturated rings. The number of nitrogens with two attached hydrogens (primary N) is 1. The lowest BCUT2D eigenvalue weighted by molar-refractivity contribution is -0.129. The number of rotatable bonds is 4. The zero-order chi connectivity index (χ0) is 26.8. The maximum Gasteiger partial charge on any atom is 0.237 e. The molecule has 2 aliphatic heterocycles. The van der Waals surface area contributed by atoms with Gasteiger partial charge in [-0.3, -0.25) is 14.4 Å². The quantitative estimate of drug-likeness (QED) is 0.445. The van der Waals surface area contributed by atoms with Gasteiger partial charge in [0.15, 0.2) is 5.82 Å². The van der Waals surface area contributed by atoms with E-state index in [1.54, 1.807) is 6.07 Å². The van der Waals surface area contributed by atoms with Crippen molar-refractivity contribution >= 4 is 28.0 Å². The molecule has 6 rings (SSSR count). The van der Waals surface area contributed by atoms with Gasteiger partial charge < -0.3 is 10.6 Å². The second-order valence-corrected chi connectivity index (χ2v) is 11.1. The molecule has 196 valence electrons. The first-order valence-electron chi connectivity index (χ1n) is 13.1. The molecule has 0 radical (unpaired) electrons. The summed E-state index contributed by atoms with van der Waals surface area (Å²) < 4.78 is 18.2. The van der Waals surface area contributed by atoms with Gasteiger partial charge in [-0.2, -0.15) is 15.5 Å². The number of nitriles is 1. The van der Waals surface area contributed by atoms with Crippen LogP contribution in [0, 0.1) is 17.1 Å². The normalized spacial score (nSPS) is 19.1. The first-order valence-corrected chi connectivity index (χ1v) is 13.1. The lowest BCUT2D eigenvalue weighted by atomic mass is 9.86. The highest BCUT2D eigenvalue weighted by molar-refractivity contribution is 5.84. The second-order valence-electron chi connectivity index (χ2n) is 11.1. The average Bonchev–Trinajstić information content (AvgIpc) is 3.49. The Morgan fingerprint density at radius 2 is 1.97 bits per heavy atom. The summed E-state index contributed by atoms with van der Waals surface area (Å²) >= 11 is 0. The largest absolute Gasteiger partial charge is 0.368 e. The number of piperidine rings is 1. The summed E-state index contributed by atoms with van der Waals surface area (Å²) in [5.74, 6) is -0.325. The Kier molecular flexibility index (Phi) is 5.65. The van der Waals surface area contributed by atoms with Gasteiger partial charge in [0.2, 0.25) is 5.91 Å². The van der Waals surface area contributed by atoms with Crippen molar-refractivity contribution < 1.29 is 9.18 Å². The minimum Gasteiger partial charge on any atom is -0.368 e. The molecule has 9 nitrogen and oxygen atoms in total. The Balaban J connectivity index is 1.29. The molecule has 0 saturated carbocycles. The topological polar surface area (TPSA) is 108 Å². The van der Waals surface area contributed by atoms with Gasteiger partial charge >= 0.3 is 0 Å². The van der Waals surface area contributed by atoms with Crippen LogP contribution in [0.15, 0.2) is 36.5 Å². The van der Waals surface area contributed by atoms with Crippen LogP contribution in [0.5, 0.6) is 0 Å². The van der Waals surface area contributed by atoms with Gasteiger partial charge in [-0.05, 0) is 76.4 Å². The third kappa shape index (κ3) is 3.72. The molecule has 4 aromatic rings. The maximum absolute atomic E-state index is 14.8. The summed E-state index contributed by atoms with van der Waals surface area (Å²) in [6.07, 6.45) is 3.09. The van der Waals surface area contributed by atoms with E-state index in [-0.39, 0.29) is 11.9 Å². The molecule has 1 amide bonds. The lowest BCUT2D eigenvalue weighted by Gasteiger charge is -2.41. The molecule has 0 aliphatic carbocycles. The van der Waals surface area contributed by atoms with Crippen molar-refractivity contribution in [3.8, 4) is 6.07 Å². The van der Waals surface area contributed by atoms with E-state index in [1.807, 2.05) is 19.9 Å². The smallest absolute Gasteiger partial charge is 0.237 e. The van der Waals surface area contributed by atoms with E-state index >= 15 is 0 Å². The Bertz CT molecular complexity index is 1600. The number of hydrogen-bond donors (Lipinski definition) is 1. The number of likely N-dealkylation sites (tertiary alicyclic amines) is 1. The van der Waals surface area contributed by atoms with E-state index in [1.165, 1.54) is 10.1 Å². The number of nitrogens with zero attached hydrogens (tertiary/aromatic N) is 7. The number of primary amides is 1. The maximum atomic E-state index is 14.8. The van der Waals surface area contributed by atoms with Gasteiger partial charge in [0.05, 0.1) is 41.2 Å². The highest BCUT2D eigenvalue weighted by Gasteiger charge is 2.36. The van der Waals surface area contributed by atoms with Crippen molar-refractivity contribution in [3.63, 3.8) is 0 Å². The fourth-order valence-electron chi connectivity index (χ4n) is 6.09. The number of carbonyl (C=O) groups is 1. The number of anilines is 1. The summed E-state index contributed by atoms with van der Waals surface area (Å²) in [7, 11) is 0. The third-order valence-corrected chi connectivity index (χ3v) is 8.48. The summed E-state index contributed by atoms with van der Waals surface area (Å²) in [6.45, 7) is 8.80. The van der Waals surface area contributed by atoms with Crippen LogP contribution < -0.4 is 10.6 Å². The van der Waals surface area contributed by atoms with E-state index in [0.717, 1.165) is 48.7 Å². The Morgan fingerprint density at radius 1 is 1.21 bits per heavy atom. The van der Waals surface area contributed by atoms with E-state index in [9.17, 15) is 14.4 Å². The van der Waals surface area contributed by atoms with Gasteiger partial charge in [-0.15, -0.1) is 0 Å². The molecular formula is C28H31FN8O. The van der Waals surface area contributed by atoms with Gasteiger partial charge in [-0.1, -0.05) is 12.1 Å². The van der Waals surface area contributed by atoms with Crippen LogP contribution in [0.3, 0.4) is 0 Å². The predicted molar refractivity (Wildman–Crippen MR) is 142 cm³/mol. The van der Waals surface area contributed by atoms with Gasteiger partial charge in [0.1, 0.15) is 17.3 Å². The number of hydrogen-bond acceptors (Lipinski definition) is 6. The van der Waals surface area contributed by atoms with Crippen LogP contribution in [0.4, 0.5) is 10.1 Å². The number of carbonyl (C=O) groups excluding carboxylic acids is 1. The average molecular weight is 515 g/mol. The molecule has 10 heteroatoms. The second kappa shape index (κ2) is 8.81. The van der Waals surface area contributed by atoms with Gasteiger partial charge in [-0.25, -0.2) is 8.91 Å². The predicted octanol–water partition coefficient (Wildman–Crippen LogP) is 3.72. The van der Waals surface area contributed by atoms with E-state index in [0.29, 0.717) is 35.9 Å². The third-order valence-electron chi connectivity index (χ3n) is 8.48. The molecular weight excluding hydrogens is 483 g/mol. The molecule has 1 aromatic carbocycles. The number of amides is 1. The first kappa shape index (κ1) is 24.4. The summed E-state index contributed by atoms with van der Waals surface area (Å²) in [4.78, 5) is 16.2. The summed E-state index contributed by atoms with van der Waals surface area (Å²) in [6, 6.07) is 12.2. The van der Waals surface area contributed by atoms with Crippen molar-refractivity contribution in [2.24, 2.45) is 5.73 Å². The number of aromatic nitrogens is 4. The lowest BCUT2D eigenvalue weighted by Crippen LogP contribution is -2.55. The van der Waals surface area contributed by atoms with E-state index in [2.05, 4.69) is 50.8 Å². The highest BCUT2D eigenvalue weighted by Crippen LogP contribution is 2.36. The molecule has 2 N–H and O–H groups in total. The standard InChI is InChI=1S/C28H31FN8O/c1-17-15-34(24-7-5-20(13-30)37-26(24)22(29)14-32-37)16-25-21-6-4-19(12-23(21)33-36(17)25)18-8-10-35(11-9-18)28(2,3)27(31)38/h4-7,12,14,17-18H,8-11,15-16H2,1-3H3,(H2,31,38)/t17-/m1/s1.